The standard InChI is InChI=1S/C18H19N3O2/c1-12-6-4-9-15-16(11-19-17(12)15)18(20(2)3)13-7-5-8-14(10-13)21(22)23/h4-11,18-19H,1-3H3. The molecule has 0 spiro atoms. The summed E-state index contributed by atoms with van der Waals surface area (Å²) < 4.78 is 0. The van der Waals surface area contributed by atoms with Crippen molar-refractivity contribution in [3.63, 3.8) is 0 Å². The van der Waals surface area contributed by atoms with Crippen LogP contribution >= 0.6 is 0 Å². The van der Waals surface area contributed by atoms with Crippen LogP contribution in [0, 0.1) is 17.0 Å². The highest BCUT2D eigenvalue weighted by molar-refractivity contribution is 5.86. The molecule has 1 N–H and O–H groups in total. The van der Waals surface area contributed by atoms with E-state index in [1.54, 1.807) is 12.1 Å². The van der Waals surface area contributed by atoms with Gasteiger partial charge in [-0.1, -0.05) is 30.3 Å². The summed E-state index contributed by atoms with van der Waals surface area (Å²) in [6, 6.07) is 13.0. The second-order valence-corrected chi connectivity index (χ2v) is 5.96. The Morgan fingerprint density at radius 3 is 2.61 bits per heavy atom. The van der Waals surface area contributed by atoms with Gasteiger partial charge >= 0.3 is 0 Å². The van der Waals surface area contributed by atoms with Crippen LogP contribution in [0.2, 0.25) is 0 Å². The van der Waals surface area contributed by atoms with Crippen molar-refractivity contribution in [3.8, 4) is 0 Å². The van der Waals surface area contributed by atoms with Gasteiger partial charge in [-0.05, 0) is 37.7 Å². The Morgan fingerprint density at radius 1 is 1.17 bits per heavy atom. The normalized spacial score (nSPS) is 12.7. The Kier molecular flexibility index (Phi) is 3.88. The zero-order chi connectivity index (χ0) is 16.6. The molecule has 1 aromatic heterocycles. The number of hydrogen-bond donors (Lipinski definition) is 1. The van der Waals surface area contributed by atoms with Gasteiger partial charge in [0.15, 0.2) is 0 Å². The SMILES string of the molecule is Cc1cccc2c(C(c3cccc([N+](=O)[O-])c3)N(C)C)c[nH]c12. The first-order chi connectivity index (χ1) is 11.0. The van der Waals surface area contributed by atoms with Crippen LogP contribution in [0.25, 0.3) is 10.9 Å². The maximum absolute atomic E-state index is 11.1. The summed E-state index contributed by atoms with van der Waals surface area (Å²) in [6.45, 7) is 2.07. The molecule has 0 aliphatic carbocycles. The molecule has 3 rings (SSSR count). The van der Waals surface area contributed by atoms with Crippen molar-refractivity contribution in [2.45, 2.75) is 13.0 Å². The van der Waals surface area contributed by atoms with Crippen LogP contribution in [0.5, 0.6) is 0 Å². The number of benzene rings is 2. The quantitative estimate of drug-likeness (QED) is 0.584. The molecule has 0 fully saturated rings. The molecule has 2 aromatic carbocycles. The van der Waals surface area contributed by atoms with Gasteiger partial charge < -0.3 is 4.98 Å². The molecule has 1 heterocycles. The van der Waals surface area contributed by atoms with Gasteiger partial charge in [-0.15, -0.1) is 0 Å². The van der Waals surface area contributed by atoms with Crippen LogP contribution in [-0.4, -0.2) is 28.9 Å². The van der Waals surface area contributed by atoms with Crippen molar-refractivity contribution in [1.82, 2.24) is 9.88 Å². The topological polar surface area (TPSA) is 62.2 Å². The van der Waals surface area contributed by atoms with Gasteiger partial charge in [0.1, 0.15) is 0 Å². The van der Waals surface area contributed by atoms with E-state index in [1.807, 2.05) is 32.4 Å². The van der Waals surface area contributed by atoms with E-state index in [9.17, 15) is 10.1 Å². The minimum atomic E-state index is -0.352. The van der Waals surface area contributed by atoms with E-state index >= 15 is 0 Å². The lowest BCUT2D eigenvalue weighted by atomic mass is 9.96. The maximum Gasteiger partial charge on any atom is 0.269 e. The predicted molar refractivity (Wildman–Crippen MR) is 91.7 cm³/mol. The first-order valence-corrected chi connectivity index (χ1v) is 7.46. The molecule has 0 saturated heterocycles. The molecular formula is C18H19N3O2. The van der Waals surface area contributed by atoms with Crippen LogP contribution in [0.1, 0.15) is 22.7 Å². The first kappa shape index (κ1) is 15.2. The van der Waals surface area contributed by atoms with Gasteiger partial charge in [-0.3, -0.25) is 15.0 Å². The summed E-state index contributed by atoms with van der Waals surface area (Å²) in [6.07, 6.45) is 2.00. The summed E-state index contributed by atoms with van der Waals surface area (Å²) >= 11 is 0. The molecule has 3 aromatic rings. The number of hydrogen-bond acceptors (Lipinski definition) is 3. The number of non-ortho nitro benzene ring substituents is 1. The minimum absolute atomic E-state index is 0.0505. The molecule has 23 heavy (non-hydrogen) atoms. The van der Waals surface area contributed by atoms with Gasteiger partial charge in [0, 0.05) is 29.2 Å². The smallest absolute Gasteiger partial charge is 0.269 e. The van der Waals surface area contributed by atoms with Crippen molar-refractivity contribution in [1.29, 1.82) is 0 Å². The summed E-state index contributed by atoms with van der Waals surface area (Å²) in [5.74, 6) is 0. The first-order valence-electron chi connectivity index (χ1n) is 7.46. The van der Waals surface area contributed by atoms with E-state index in [4.69, 9.17) is 0 Å². The third-order valence-corrected chi connectivity index (χ3v) is 4.16. The van der Waals surface area contributed by atoms with Crippen LogP contribution in [0.3, 0.4) is 0 Å². The van der Waals surface area contributed by atoms with Gasteiger partial charge in [-0.2, -0.15) is 0 Å². The molecule has 5 heteroatoms. The van der Waals surface area contributed by atoms with Crippen LogP contribution in [0.15, 0.2) is 48.7 Å². The number of nitro groups is 1. The second kappa shape index (κ2) is 5.85. The molecule has 1 unspecified atom stereocenters. The van der Waals surface area contributed by atoms with Gasteiger partial charge in [0.25, 0.3) is 5.69 Å². The van der Waals surface area contributed by atoms with Crippen molar-refractivity contribution in [2.75, 3.05) is 14.1 Å². The highest BCUT2D eigenvalue weighted by atomic mass is 16.6. The Morgan fingerprint density at radius 2 is 1.91 bits per heavy atom. The maximum atomic E-state index is 11.1. The van der Waals surface area contributed by atoms with E-state index in [1.165, 1.54) is 11.6 Å². The zero-order valence-electron chi connectivity index (χ0n) is 13.4. The number of nitro benzene ring substituents is 1. The number of rotatable bonds is 4. The Bertz CT molecular complexity index is 868. The van der Waals surface area contributed by atoms with Gasteiger partial charge in [0.05, 0.1) is 11.0 Å². The summed E-state index contributed by atoms with van der Waals surface area (Å²) in [5, 5.41) is 12.2. The molecule has 1 atom stereocenters. The number of H-pyrrole nitrogens is 1. The van der Waals surface area contributed by atoms with Gasteiger partial charge in [-0.25, -0.2) is 0 Å². The largest absolute Gasteiger partial charge is 0.361 e. The summed E-state index contributed by atoms with van der Waals surface area (Å²) in [4.78, 5) is 16.1. The molecule has 118 valence electrons. The Labute approximate surface area is 134 Å². The number of fused-ring (bicyclic) bond motifs is 1. The number of aromatic nitrogens is 1. The van der Waals surface area contributed by atoms with E-state index in [2.05, 4.69) is 28.9 Å². The highest BCUT2D eigenvalue weighted by Crippen LogP contribution is 2.34. The van der Waals surface area contributed by atoms with Crippen molar-refractivity contribution in [2.24, 2.45) is 0 Å². The van der Waals surface area contributed by atoms with Crippen molar-refractivity contribution < 1.29 is 4.92 Å². The monoisotopic (exact) mass is 309 g/mol. The Hall–Kier alpha value is -2.66. The molecule has 0 aliphatic heterocycles. The van der Waals surface area contributed by atoms with Crippen LogP contribution in [-0.2, 0) is 0 Å². The lowest BCUT2D eigenvalue weighted by Gasteiger charge is -2.24. The zero-order valence-corrected chi connectivity index (χ0v) is 13.4. The third-order valence-electron chi connectivity index (χ3n) is 4.16. The van der Waals surface area contributed by atoms with Crippen molar-refractivity contribution in [3.05, 3.63) is 75.5 Å². The molecular weight excluding hydrogens is 290 g/mol. The molecule has 0 saturated carbocycles. The average molecular weight is 309 g/mol. The fraction of sp³-hybridized carbons (Fsp3) is 0.222. The van der Waals surface area contributed by atoms with Crippen LogP contribution in [0.4, 0.5) is 5.69 Å². The molecule has 5 nitrogen and oxygen atoms in total. The van der Waals surface area contributed by atoms with E-state index in [-0.39, 0.29) is 16.7 Å². The number of nitrogens with one attached hydrogen (secondary N) is 1. The Balaban J connectivity index is 2.17. The number of nitrogens with zero attached hydrogens (tertiary/aromatic N) is 2. The molecule has 0 radical (unpaired) electrons. The number of aromatic amines is 1. The number of para-hydroxylation sites is 1. The molecule has 0 amide bonds. The van der Waals surface area contributed by atoms with E-state index in [0.717, 1.165) is 22.0 Å². The van der Waals surface area contributed by atoms with E-state index in [0.29, 0.717) is 0 Å². The highest BCUT2D eigenvalue weighted by Gasteiger charge is 2.22. The van der Waals surface area contributed by atoms with Gasteiger partial charge in [0.2, 0.25) is 0 Å². The van der Waals surface area contributed by atoms with Crippen LogP contribution < -0.4 is 0 Å². The molecule has 0 bridgehead atoms. The third kappa shape index (κ3) is 2.71. The van der Waals surface area contributed by atoms with E-state index < -0.39 is 0 Å². The summed E-state index contributed by atoms with van der Waals surface area (Å²) in [5.41, 5.74) is 4.44. The molecule has 0 aliphatic rings. The number of aryl methyl sites for hydroxylation is 1. The predicted octanol–water partition coefficient (Wildman–Crippen LogP) is 4.04. The average Bonchev–Trinajstić information content (AvgIpc) is 2.93. The fourth-order valence-corrected chi connectivity index (χ4v) is 3.12. The summed E-state index contributed by atoms with van der Waals surface area (Å²) in [7, 11) is 3.97. The lowest BCUT2D eigenvalue weighted by Crippen LogP contribution is -2.21. The lowest BCUT2D eigenvalue weighted by molar-refractivity contribution is -0.384. The minimum Gasteiger partial charge on any atom is -0.361 e. The second-order valence-electron chi connectivity index (χ2n) is 5.96. The fourth-order valence-electron chi connectivity index (χ4n) is 3.12. The van der Waals surface area contributed by atoms with Crippen molar-refractivity contribution >= 4 is 16.6 Å².